The summed E-state index contributed by atoms with van der Waals surface area (Å²) in [7, 11) is 0. The molecule has 1 rings (SSSR count). The molecule has 0 aromatic heterocycles. The maximum absolute atomic E-state index is 11.9. The molecule has 0 radical (unpaired) electrons. The van der Waals surface area contributed by atoms with E-state index in [1.165, 1.54) is 0 Å². The van der Waals surface area contributed by atoms with Gasteiger partial charge in [-0.05, 0) is 51.8 Å². The van der Waals surface area contributed by atoms with Gasteiger partial charge in [0.05, 0.1) is 5.56 Å². The van der Waals surface area contributed by atoms with Gasteiger partial charge in [0.1, 0.15) is 0 Å². The zero-order valence-corrected chi connectivity index (χ0v) is 12.8. The molecule has 1 unspecified atom stereocenters. The number of ether oxygens (including phenoxy) is 1. The number of rotatable bonds is 4. The van der Waals surface area contributed by atoms with E-state index in [4.69, 9.17) is 4.74 Å². The van der Waals surface area contributed by atoms with Gasteiger partial charge >= 0.3 is 5.97 Å². The SMILES string of the molecule is CCc1ccc(C(=O)OC(C)C(=O)NC(C)(C)C)cc1. The summed E-state index contributed by atoms with van der Waals surface area (Å²) in [4.78, 5) is 23.8. The first-order valence-electron chi connectivity index (χ1n) is 6.85. The van der Waals surface area contributed by atoms with Gasteiger partial charge in [-0.2, -0.15) is 0 Å². The fraction of sp³-hybridized carbons (Fsp3) is 0.500. The highest BCUT2D eigenvalue weighted by Crippen LogP contribution is 2.09. The second-order valence-electron chi connectivity index (χ2n) is 5.84. The summed E-state index contributed by atoms with van der Waals surface area (Å²) in [5.41, 5.74) is 1.26. The number of aryl methyl sites for hydroxylation is 1. The van der Waals surface area contributed by atoms with E-state index in [1.54, 1.807) is 19.1 Å². The molecule has 0 spiro atoms. The normalized spacial score (nSPS) is 12.7. The fourth-order valence-corrected chi connectivity index (χ4v) is 1.63. The molecule has 1 aromatic rings. The lowest BCUT2D eigenvalue weighted by Gasteiger charge is -2.23. The van der Waals surface area contributed by atoms with Crippen LogP contribution in [0.2, 0.25) is 0 Å². The molecule has 4 nitrogen and oxygen atoms in total. The highest BCUT2D eigenvalue weighted by atomic mass is 16.5. The van der Waals surface area contributed by atoms with Gasteiger partial charge in [-0.25, -0.2) is 4.79 Å². The van der Waals surface area contributed by atoms with E-state index >= 15 is 0 Å². The van der Waals surface area contributed by atoms with E-state index in [2.05, 4.69) is 5.32 Å². The molecule has 110 valence electrons. The monoisotopic (exact) mass is 277 g/mol. The Kier molecular flexibility index (Phi) is 5.31. The second kappa shape index (κ2) is 6.55. The third-order valence-corrected chi connectivity index (χ3v) is 2.75. The average molecular weight is 277 g/mol. The summed E-state index contributed by atoms with van der Waals surface area (Å²) in [6.07, 6.45) is 0.104. The van der Waals surface area contributed by atoms with Crippen molar-refractivity contribution in [1.29, 1.82) is 0 Å². The van der Waals surface area contributed by atoms with E-state index in [-0.39, 0.29) is 11.4 Å². The highest BCUT2D eigenvalue weighted by Gasteiger charge is 2.22. The predicted molar refractivity (Wildman–Crippen MR) is 78.6 cm³/mol. The van der Waals surface area contributed by atoms with Crippen LogP contribution in [0.15, 0.2) is 24.3 Å². The minimum atomic E-state index is -0.812. The molecular weight excluding hydrogens is 254 g/mol. The molecule has 1 aromatic carbocycles. The van der Waals surface area contributed by atoms with Crippen LogP contribution in [0.3, 0.4) is 0 Å². The van der Waals surface area contributed by atoms with Crippen molar-refractivity contribution in [2.45, 2.75) is 52.7 Å². The molecule has 20 heavy (non-hydrogen) atoms. The van der Waals surface area contributed by atoms with Crippen molar-refractivity contribution in [3.05, 3.63) is 35.4 Å². The minimum absolute atomic E-state index is 0.295. The summed E-state index contributed by atoms with van der Waals surface area (Å²) in [5.74, 6) is -0.778. The van der Waals surface area contributed by atoms with Gasteiger partial charge in [-0.1, -0.05) is 19.1 Å². The Balaban J connectivity index is 2.62. The van der Waals surface area contributed by atoms with Crippen LogP contribution in [0, 0.1) is 0 Å². The van der Waals surface area contributed by atoms with E-state index in [0.29, 0.717) is 5.56 Å². The van der Waals surface area contributed by atoms with Crippen LogP contribution in [0.25, 0.3) is 0 Å². The van der Waals surface area contributed by atoms with Crippen LogP contribution in [0.5, 0.6) is 0 Å². The Morgan fingerprint density at radius 3 is 2.20 bits per heavy atom. The lowest BCUT2D eigenvalue weighted by atomic mass is 10.1. The molecule has 0 heterocycles. The summed E-state index contributed by atoms with van der Waals surface area (Å²) in [6, 6.07) is 7.21. The van der Waals surface area contributed by atoms with Crippen LogP contribution >= 0.6 is 0 Å². The van der Waals surface area contributed by atoms with Crippen LogP contribution < -0.4 is 5.32 Å². The highest BCUT2D eigenvalue weighted by molar-refractivity contribution is 5.92. The Morgan fingerprint density at radius 2 is 1.75 bits per heavy atom. The lowest BCUT2D eigenvalue weighted by molar-refractivity contribution is -0.130. The molecule has 0 saturated heterocycles. The van der Waals surface area contributed by atoms with Crippen molar-refractivity contribution >= 4 is 11.9 Å². The zero-order chi connectivity index (χ0) is 15.3. The first-order valence-corrected chi connectivity index (χ1v) is 6.85. The molecule has 0 bridgehead atoms. The van der Waals surface area contributed by atoms with Crippen molar-refractivity contribution in [3.63, 3.8) is 0 Å². The summed E-state index contributed by atoms with van der Waals surface area (Å²) in [6.45, 7) is 9.25. The van der Waals surface area contributed by atoms with E-state index in [0.717, 1.165) is 12.0 Å². The number of hydrogen-bond donors (Lipinski definition) is 1. The quantitative estimate of drug-likeness (QED) is 0.861. The van der Waals surface area contributed by atoms with Crippen molar-refractivity contribution in [2.24, 2.45) is 0 Å². The van der Waals surface area contributed by atoms with Gasteiger partial charge in [0.25, 0.3) is 5.91 Å². The number of hydrogen-bond acceptors (Lipinski definition) is 3. The van der Waals surface area contributed by atoms with Gasteiger partial charge < -0.3 is 10.1 Å². The fourth-order valence-electron chi connectivity index (χ4n) is 1.63. The van der Waals surface area contributed by atoms with Crippen LogP contribution in [0.4, 0.5) is 0 Å². The third-order valence-electron chi connectivity index (χ3n) is 2.75. The zero-order valence-electron chi connectivity index (χ0n) is 12.8. The molecule has 0 aliphatic rings. The molecule has 0 fully saturated rings. The Bertz CT molecular complexity index is 471. The Labute approximate surface area is 120 Å². The van der Waals surface area contributed by atoms with Crippen molar-refractivity contribution < 1.29 is 14.3 Å². The predicted octanol–water partition coefficient (Wildman–Crippen LogP) is 2.71. The summed E-state index contributed by atoms with van der Waals surface area (Å²) < 4.78 is 5.17. The molecule has 1 N–H and O–H groups in total. The molecule has 0 aliphatic carbocycles. The molecule has 0 aliphatic heterocycles. The number of nitrogens with one attached hydrogen (secondary N) is 1. The number of carbonyl (C=O) groups excluding carboxylic acids is 2. The van der Waals surface area contributed by atoms with Gasteiger partial charge in [0, 0.05) is 5.54 Å². The van der Waals surface area contributed by atoms with Gasteiger partial charge in [-0.15, -0.1) is 0 Å². The molecule has 1 atom stereocenters. The molecule has 0 saturated carbocycles. The number of carbonyl (C=O) groups is 2. The number of esters is 1. The van der Waals surface area contributed by atoms with Crippen LogP contribution in [-0.2, 0) is 16.0 Å². The number of benzene rings is 1. The first kappa shape index (κ1) is 16.2. The number of amides is 1. The first-order chi connectivity index (χ1) is 9.23. The summed E-state index contributed by atoms with van der Waals surface area (Å²) in [5, 5.41) is 2.78. The molecule has 1 amide bonds. The van der Waals surface area contributed by atoms with E-state index in [9.17, 15) is 9.59 Å². The van der Waals surface area contributed by atoms with E-state index in [1.807, 2.05) is 39.8 Å². The lowest BCUT2D eigenvalue weighted by Crippen LogP contribution is -2.46. The topological polar surface area (TPSA) is 55.4 Å². The maximum Gasteiger partial charge on any atom is 0.338 e. The van der Waals surface area contributed by atoms with Crippen LogP contribution in [-0.4, -0.2) is 23.5 Å². The smallest absolute Gasteiger partial charge is 0.338 e. The average Bonchev–Trinajstić information content (AvgIpc) is 2.36. The van der Waals surface area contributed by atoms with Crippen molar-refractivity contribution in [2.75, 3.05) is 0 Å². The largest absolute Gasteiger partial charge is 0.449 e. The van der Waals surface area contributed by atoms with Gasteiger partial charge in [0.15, 0.2) is 6.10 Å². The maximum atomic E-state index is 11.9. The summed E-state index contributed by atoms with van der Waals surface area (Å²) >= 11 is 0. The van der Waals surface area contributed by atoms with Gasteiger partial charge in [0.2, 0.25) is 0 Å². The Hall–Kier alpha value is -1.84. The van der Waals surface area contributed by atoms with E-state index < -0.39 is 12.1 Å². The molecular formula is C16H23NO3. The van der Waals surface area contributed by atoms with Gasteiger partial charge in [-0.3, -0.25) is 4.79 Å². The van der Waals surface area contributed by atoms with Crippen LogP contribution in [0.1, 0.15) is 50.5 Å². The standard InChI is InChI=1S/C16H23NO3/c1-6-12-7-9-13(10-8-12)15(19)20-11(2)14(18)17-16(3,4)5/h7-11H,6H2,1-5H3,(H,17,18). The molecule has 4 heteroatoms. The second-order valence-corrected chi connectivity index (χ2v) is 5.84. The minimum Gasteiger partial charge on any atom is -0.449 e. The Morgan fingerprint density at radius 1 is 1.20 bits per heavy atom. The van der Waals surface area contributed by atoms with Crippen molar-refractivity contribution in [3.8, 4) is 0 Å². The third kappa shape index (κ3) is 5.03. The van der Waals surface area contributed by atoms with Crippen molar-refractivity contribution in [1.82, 2.24) is 5.32 Å².